The molecule has 0 aliphatic rings. The molecular weight excluding hydrogens is 262 g/mol. The molecule has 0 radical (unpaired) electrons. The summed E-state index contributed by atoms with van der Waals surface area (Å²) < 4.78 is 0. The van der Waals surface area contributed by atoms with Gasteiger partial charge in [0, 0.05) is 10.9 Å². The molecule has 2 amide bonds. The first-order chi connectivity index (χ1) is 9.02. The number of benzene rings is 1. The van der Waals surface area contributed by atoms with Crippen molar-refractivity contribution in [3.8, 4) is 0 Å². The van der Waals surface area contributed by atoms with Crippen molar-refractivity contribution in [2.45, 2.75) is 24.8 Å². The summed E-state index contributed by atoms with van der Waals surface area (Å²) in [5.74, 6) is -1.46. The van der Waals surface area contributed by atoms with Gasteiger partial charge in [0.25, 0.3) is 0 Å². The molecule has 102 valence electrons. The molecule has 0 spiro atoms. The van der Waals surface area contributed by atoms with E-state index in [0.29, 0.717) is 0 Å². The normalized spacial score (nSPS) is 10.7. The van der Waals surface area contributed by atoms with Crippen molar-refractivity contribution in [3.63, 3.8) is 0 Å². The Morgan fingerprint density at radius 1 is 1.21 bits per heavy atom. The SMILES string of the molecule is CSc1ccc(C=NNC(=O)C(=O)NC(C)C)cc1. The van der Waals surface area contributed by atoms with Gasteiger partial charge in [-0.15, -0.1) is 11.8 Å². The maximum absolute atomic E-state index is 11.3. The van der Waals surface area contributed by atoms with E-state index in [2.05, 4.69) is 15.8 Å². The molecule has 0 aromatic heterocycles. The van der Waals surface area contributed by atoms with Crippen molar-refractivity contribution < 1.29 is 9.59 Å². The molecule has 19 heavy (non-hydrogen) atoms. The number of nitrogens with zero attached hydrogens (tertiary/aromatic N) is 1. The topological polar surface area (TPSA) is 70.6 Å². The summed E-state index contributed by atoms with van der Waals surface area (Å²) in [6.07, 6.45) is 3.49. The molecule has 0 saturated carbocycles. The molecule has 0 unspecified atom stereocenters. The Bertz CT molecular complexity index is 469. The highest BCUT2D eigenvalue weighted by atomic mass is 32.2. The molecule has 1 rings (SSSR count). The molecule has 5 nitrogen and oxygen atoms in total. The second-order valence-corrected chi connectivity index (χ2v) is 4.98. The third-order valence-corrected chi connectivity index (χ3v) is 2.87. The van der Waals surface area contributed by atoms with Gasteiger partial charge in [-0.1, -0.05) is 12.1 Å². The van der Waals surface area contributed by atoms with E-state index in [1.807, 2.05) is 30.5 Å². The molecule has 1 aromatic carbocycles. The minimum absolute atomic E-state index is 0.0821. The predicted molar refractivity (Wildman–Crippen MR) is 77.2 cm³/mol. The number of hydrogen-bond donors (Lipinski definition) is 2. The van der Waals surface area contributed by atoms with Gasteiger partial charge in [-0.25, -0.2) is 5.43 Å². The van der Waals surface area contributed by atoms with Crippen molar-refractivity contribution in [2.75, 3.05) is 6.26 Å². The van der Waals surface area contributed by atoms with Crippen LogP contribution in [0.5, 0.6) is 0 Å². The van der Waals surface area contributed by atoms with E-state index >= 15 is 0 Å². The van der Waals surface area contributed by atoms with E-state index in [1.54, 1.807) is 25.6 Å². The maximum Gasteiger partial charge on any atom is 0.329 e. The average molecular weight is 279 g/mol. The van der Waals surface area contributed by atoms with Crippen molar-refractivity contribution in [2.24, 2.45) is 5.10 Å². The Labute approximate surface area is 116 Å². The van der Waals surface area contributed by atoms with Gasteiger partial charge in [0.2, 0.25) is 0 Å². The van der Waals surface area contributed by atoms with E-state index in [0.717, 1.165) is 10.5 Å². The van der Waals surface area contributed by atoms with Gasteiger partial charge in [0.15, 0.2) is 0 Å². The Morgan fingerprint density at radius 2 is 1.84 bits per heavy atom. The molecule has 0 aliphatic heterocycles. The summed E-state index contributed by atoms with van der Waals surface area (Å²) in [6.45, 7) is 3.56. The van der Waals surface area contributed by atoms with Crippen LogP contribution >= 0.6 is 11.8 Å². The van der Waals surface area contributed by atoms with Crippen LogP contribution in [0.25, 0.3) is 0 Å². The van der Waals surface area contributed by atoms with Crippen LogP contribution in [-0.4, -0.2) is 30.3 Å². The van der Waals surface area contributed by atoms with Gasteiger partial charge < -0.3 is 5.32 Å². The van der Waals surface area contributed by atoms with E-state index in [4.69, 9.17) is 0 Å². The number of rotatable bonds is 4. The van der Waals surface area contributed by atoms with Crippen molar-refractivity contribution >= 4 is 29.8 Å². The van der Waals surface area contributed by atoms with Crippen LogP contribution in [0, 0.1) is 0 Å². The third-order valence-electron chi connectivity index (χ3n) is 2.12. The van der Waals surface area contributed by atoms with E-state index < -0.39 is 11.8 Å². The second-order valence-electron chi connectivity index (χ2n) is 4.10. The Morgan fingerprint density at radius 3 is 2.37 bits per heavy atom. The summed E-state index contributed by atoms with van der Waals surface area (Å²) in [6, 6.07) is 7.60. The first-order valence-corrected chi connectivity index (χ1v) is 7.03. The zero-order valence-electron chi connectivity index (χ0n) is 11.1. The Balaban J connectivity index is 2.48. The molecule has 0 heterocycles. The Kier molecular flexibility index (Phi) is 6.08. The molecule has 2 N–H and O–H groups in total. The fraction of sp³-hybridized carbons (Fsp3) is 0.308. The first kappa shape index (κ1) is 15.2. The maximum atomic E-state index is 11.3. The fourth-order valence-electron chi connectivity index (χ4n) is 1.23. The number of amides is 2. The number of carbonyl (C=O) groups is 2. The number of nitrogens with one attached hydrogen (secondary N) is 2. The monoisotopic (exact) mass is 279 g/mol. The highest BCUT2D eigenvalue weighted by Gasteiger charge is 2.12. The zero-order valence-corrected chi connectivity index (χ0v) is 12.0. The lowest BCUT2D eigenvalue weighted by molar-refractivity contribution is -0.139. The summed E-state index contributed by atoms with van der Waals surface area (Å²) in [5.41, 5.74) is 3.03. The van der Waals surface area contributed by atoms with Crippen LogP contribution in [0.4, 0.5) is 0 Å². The molecule has 1 aromatic rings. The van der Waals surface area contributed by atoms with Crippen LogP contribution in [0.1, 0.15) is 19.4 Å². The number of carbonyl (C=O) groups excluding carboxylic acids is 2. The minimum atomic E-state index is -0.773. The lowest BCUT2D eigenvalue weighted by atomic mass is 10.2. The van der Waals surface area contributed by atoms with Crippen LogP contribution < -0.4 is 10.7 Å². The highest BCUT2D eigenvalue weighted by Crippen LogP contribution is 2.13. The van der Waals surface area contributed by atoms with Crippen molar-refractivity contribution in [3.05, 3.63) is 29.8 Å². The molecule has 6 heteroatoms. The third kappa shape index (κ3) is 5.56. The number of hydrogen-bond acceptors (Lipinski definition) is 4. The lowest BCUT2D eigenvalue weighted by Gasteiger charge is -2.05. The summed E-state index contributed by atoms with van der Waals surface area (Å²) in [5, 5.41) is 6.21. The lowest BCUT2D eigenvalue weighted by Crippen LogP contribution is -2.41. The van der Waals surface area contributed by atoms with Gasteiger partial charge in [0.1, 0.15) is 0 Å². The standard InChI is InChI=1S/C13H17N3O2S/c1-9(2)15-12(17)13(18)16-14-8-10-4-6-11(19-3)7-5-10/h4-9H,1-3H3,(H,15,17)(H,16,18). The largest absolute Gasteiger partial charge is 0.346 e. The predicted octanol–water partition coefficient (Wildman–Crippen LogP) is 1.38. The van der Waals surface area contributed by atoms with Gasteiger partial charge in [0.05, 0.1) is 6.21 Å². The van der Waals surface area contributed by atoms with Crippen molar-refractivity contribution in [1.29, 1.82) is 0 Å². The van der Waals surface area contributed by atoms with Crippen LogP contribution in [0.3, 0.4) is 0 Å². The van der Waals surface area contributed by atoms with Gasteiger partial charge in [-0.05, 0) is 37.8 Å². The highest BCUT2D eigenvalue weighted by molar-refractivity contribution is 7.98. The number of hydrazone groups is 1. The summed E-state index contributed by atoms with van der Waals surface area (Å²) in [4.78, 5) is 23.8. The molecule has 0 bridgehead atoms. The van der Waals surface area contributed by atoms with E-state index in [1.165, 1.54) is 6.21 Å². The van der Waals surface area contributed by atoms with Crippen LogP contribution in [0.15, 0.2) is 34.3 Å². The molecule has 0 saturated heterocycles. The average Bonchev–Trinajstić information content (AvgIpc) is 2.38. The van der Waals surface area contributed by atoms with Crippen molar-refractivity contribution in [1.82, 2.24) is 10.7 Å². The summed E-state index contributed by atoms with van der Waals surface area (Å²) >= 11 is 1.65. The smallest absolute Gasteiger partial charge is 0.329 e. The van der Waals surface area contributed by atoms with Crippen LogP contribution in [-0.2, 0) is 9.59 Å². The zero-order chi connectivity index (χ0) is 14.3. The summed E-state index contributed by atoms with van der Waals surface area (Å²) in [7, 11) is 0. The first-order valence-electron chi connectivity index (χ1n) is 5.81. The quantitative estimate of drug-likeness (QED) is 0.378. The second kappa shape index (κ2) is 7.58. The number of thioether (sulfide) groups is 1. The van der Waals surface area contributed by atoms with Gasteiger partial charge in [-0.2, -0.15) is 5.10 Å². The van der Waals surface area contributed by atoms with Gasteiger partial charge in [-0.3, -0.25) is 9.59 Å². The molecule has 0 fully saturated rings. The minimum Gasteiger partial charge on any atom is -0.346 e. The molecular formula is C13H17N3O2S. The molecule has 0 aliphatic carbocycles. The van der Waals surface area contributed by atoms with Crippen LogP contribution in [0.2, 0.25) is 0 Å². The van der Waals surface area contributed by atoms with Gasteiger partial charge >= 0.3 is 11.8 Å². The fourth-order valence-corrected chi connectivity index (χ4v) is 1.64. The Hall–Kier alpha value is -1.82. The molecule has 0 atom stereocenters. The van der Waals surface area contributed by atoms with E-state index in [-0.39, 0.29) is 6.04 Å². The van der Waals surface area contributed by atoms with E-state index in [9.17, 15) is 9.59 Å².